The molecule has 0 aliphatic carbocycles. The summed E-state index contributed by atoms with van der Waals surface area (Å²) in [6, 6.07) is 20.2. The van der Waals surface area contributed by atoms with Crippen LogP contribution in [0.4, 0.5) is 5.69 Å². The molecule has 0 atom stereocenters. The normalized spacial score (nSPS) is 10.7. The Kier molecular flexibility index (Phi) is 7.36. The molecule has 1 amide bonds. The maximum absolute atomic E-state index is 12.5. The molecule has 1 aromatic heterocycles. The number of hydrogen-bond donors (Lipinski definition) is 2. The first-order chi connectivity index (χ1) is 16.0. The van der Waals surface area contributed by atoms with Crippen LogP contribution in [0.15, 0.2) is 75.6 Å². The number of halogens is 1. The fourth-order valence-corrected chi connectivity index (χ4v) is 3.73. The Morgan fingerprint density at radius 3 is 2.70 bits per heavy atom. The second-order valence-electron chi connectivity index (χ2n) is 7.35. The van der Waals surface area contributed by atoms with Crippen LogP contribution < -0.4 is 15.4 Å². The predicted molar refractivity (Wildman–Crippen MR) is 138 cm³/mol. The fourth-order valence-electron chi connectivity index (χ4n) is 3.12. The number of thiocarbonyl (C=S) groups is 1. The molecule has 0 radical (unpaired) electrons. The Bertz CT molecular complexity index is 1290. The van der Waals surface area contributed by atoms with Crippen LogP contribution in [0.25, 0.3) is 22.6 Å². The van der Waals surface area contributed by atoms with Crippen LogP contribution in [-0.4, -0.2) is 22.6 Å². The smallest absolute Gasteiger partial charge is 0.257 e. The van der Waals surface area contributed by atoms with Gasteiger partial charge in [0.1, 0.15) is 11.3 Å². The summed E-state index contributed by atoms with van der Waals surface area (Å²) in [5.41, 5.74) is 3.41. The van der Waals surface area contributed by atoms with Crippen LogP contribution in [0.5, 0.6) is 5.75 Å². The standard InChI is InChI=1S/C25H22BrN3O3S/c1-2-3-13-31-20-10-7-16(8-11-20)23(30)29-25(33)27-19-9-12-22-21(15-19)28-24(32-22)17-5-4-6-18(26)14-17/h4-12,14-15H,2-3,13H2,1H3,(H2,27,29,30,33). The van der Waals surface area contributed by atoms with Crippen LogP contribution >= 0.6 is 28.1 Å². The zero-order chi connectivity index (χ0) is 23.2. The number of anilines is 1. The number of carbonyl (C=O) groups is 1. The van der Waals surface area contributed by atoms with Crippen molar-refractivity contribution < 1.29 is 13.9 Å². The van der Waals surface area contributed by atoms with E-state index in [1.807, 2.05) is 42.5 Å². The average molecular weight is 524 g/mol. The van der Waals surface area contributed by atoms with Gasteiger partial charge in [0.05, 0.1) is 6.61 Å². The van der Waals surface area contributed by atoms with Gasteiger partial charge in [0.2, 0.25) is 5.89 Å². The minimum Gasteiger partial charge on any atom is -0.494 e. The van der Waals surface area contributed by atoms with E-state index in [1.54, 1.807) is 24.3 Å². The molecular formula is C25H22BrN3O3S. The van der Waals surface area contributed by atoms with E-state index in [1.165, 1.54) is 0 Å². The molecule has 0 unspecified atom stereocenters. The van der Waals surface area contributed by atoms with Gasteiger partial charge >= 0.3 is 0 Å². The molecule has 168 valence electrons. The van der Waals surface area contributed by atoms with Gasteiger partial charge in [-0.25, -0.2) is 4.98 Å². The van der Waals surface area contributed by atoms with Gasteiger partial charge in [-0.2, -0.15) is 0 Å². The van der Waals surface area contributed by atoms with Gasteiger partial charge < -0.3 is 14.5 Å². The summed E-state index contributed by atoms with van der Waals surface area (Å²) in [5.74, 6) is 0.970. The van der Waals surface area contributed by atoms with E-state index in [0.29, 0.717) is 34.8 Å². The van der Waals surface area contributed by atoms with Crippen molar-refractivity contribution in [2.75, 3.05) is 11.9 Å². The van der Waals surface area contributed by atoms with Gasteiger partial charge in [0.15, 0.2) is 10.7 Å². The van der Waals surface area contributed by atoms with Crippen LogP contribution in [-0.2, 0) is 0 Å². The van der Waals surface area contributed by atoms with Crippen LogP contribution in [0.2, 0.25) is 0 Å². The molecule has 0 bridgehead atoms. The Morgan fingerprint density at radius 1 is 1.12 bits per heavy atom. The Hall–Kier alpha value is -3.23. The summed E-state index contributed by atoms with van der Waals surface area (Å²) in [5, 5.41) is 5.91. The molecule has 0 fully saturated rings. The highest BCUT2D eigenvalue weighted by molar-refractivity contribution is 9.10. The number of carbonyl (C=O) groups excluding carboxylic acids is 1. The molecule has 8 heteroatoms. The summed E-state index contributed by atoms with van der Waals surface area (Å²) >= 11 is 8.77. The highest BCUT2D eigenvalue weighted by Gasteiger charge is 2.11. The molecule has 33 heavy (non-hydrogen) atoms. The van der Waals surface area contributed by atoms with Crippen LogP contribution in [0.1, 0.15) is 30.1 Å². The summed E-state index contributed by atoms with van der Waals surface area (Å²) in [7, 11) is 0. The fraction of sp³-hybridized carbons (Fsp3) is 0.160. The monoisotopic (exact) mass is 523 g/mol. The first-order valence-corrected chi connectivity index (χ1v) is 11.7. The molecule has 0 aliphatic heterocycles. The zero-order valence-electron chi connectivity index (χ0n) is 17.9. The van der Waals surface area contributed by atoms with Crippen molar-refractivity contribution in [1.29, 1.82) is 0 Å². The third-order valence-electron chi connectivity index (χ3n) is 4.83. The Labute approximate surface area is 205 Å². The SMILES string of the molecule is CCCCOc1ccc(C(=O)NC(=S)Nc2ccc3oc(-c4cccc(Br)c4)nc3c2)cc1. The number of ether oxygens (including phenoxy) is 1. The topological polar surface area (TPSA) is 76.4 Å². The summed E-state index contributed by atoms with van der Waals surface area (Å²) in [4.78, 5) is 17.1. The van der Waals surface area contributed by atoms with E-state index >= 15 is 0 Å². The third-order valence-corrected chi connectivity index (χ3v) is 5.52. The zero-order valence-corrected chi connectivity index (χ0v) is 20.3. The average Bonchev–Trinajstić information content (AvgIpc) is 3.23. The van der Waals surface area contributed by atoms with Gasteiger partial charge in [-0.15, -0.1) is 0 Å². The summed E-state index contributed by atoms with van der Waals surface area (Å²) in [6.45, 7) is 2.77. The van der Waals surface area contributed by atoms with E-state index in [-0.39, 0.29) is 11.0 Å². The molecular weight excluding hydrogens is 502 g/mol. The van der Waals surface area contributed by atoms with E-state index in [9.17, 15) is 4.79 Å². The molecule has 2 N–H and O–H groups in total. The summed E-state index contributed by atoms with van der Waals surface area (Å²) in [6.07, 6.45) is 2.06. The minimum atomic E-state index is -0.299. The maximum atomic E-state index is 12.5. The van der Waals surface area contributed by atoms with Crippen molar-refractivity contribution in [3.63, 3.8) is 0 Å². The summed E-state index contributed by atoms with van der Waals surface area (Å²) < 4.78 is 12.4. The Balaban J connectivity index is 1.38. The van der Waals surface area contributed by atoms with Gasteiger partial charge in [0.25, 0.3) is 5.91 Å². The largest absolute Gasteiger partial charge is 0.494 e. The second kappa shape index (κ2) is 10.6. The number of rotatable bonds is 7. The van der Waals surface area contributed by atoms with Crippen molar-refractivity contribution in [2.45, 2.75) is 19.8 Å². The lowest BCUT2D eigenvalue weighted by atomic mass is 10.2. The van der Waals surface area contributed by atoms with Crippen molar-refractivity contribution in [3.05, 3.63) is 76.8 Å². The third kappa shape index (κ3) is 5.97. The number of oxazole rings is 1. The number of amides is 1. The van der Waals surface area contributed by atoms with Crippen LogP contribution in [0, 0.1) is 0 Å². The first-order valence-electron chi connectivity index (χ1n) is 10.5. The maximum Gasteiger partial charge on any atom is 0.257 e. The molecule has 1 heterocycles. The second-order valence-corrected chi connectivity index (χ2v) is 8.67. The lowest BCUT2D eigenvalue weighted by molar-refractivity contribution is 0.0977. The molecule has 0 aliphatic rings. The lowest BCUT2D eigenvalue weighted by Crippen LogP contribution is -2.34. The number of unbranched alkanes of at least 4 members (excludes halogenated alkanes) is 1. The predicted octanol–water partition coefficient (Wildman–Crippen LogP) is 6.56. The number of nitrogens with one attached hydrogen (secondary N) is 2. The lowest BCUT2D eigenvalue weighted by Gasteiger charge is -2.10. The van der Waals surface area contributed by atoms with Crippen LogP contribution in [0.3, 0.4) is 0 Å². The van der Waals surface area contributed by atoms with Crippen molar-refractivity contribution in [2.24, 2.45) is 0 Å². The first kappa shape index (κ1) is 22.9. The van der Waals surface area contributed by atoms with Gasteiger partial charge in [-0.3, -0.25) is 10.1 Å². The number of aromatic nitrogens is 1. The van der Waals surface area contributed by atoms with E-state index in [0.717, 1.165) is 28.6 Å². The van der Waals surface area contributed by atoms with Gasteiger partial charge in [-0.1, -0.05) is 35.3 Å². The molecule has 4 aromatic rings. The molecule has 6 nitrogen and oxygen atoms in total. The van der Waals surface area contributed by atoms with E-state index in [4.69, 9.17) is 21.4 Å². The number of benzene rings is 3. The van der Waals surface area contributed by atoms with Gasteiger partial charge in [-0.05, 0) is 79.3 Å². The number of hydrogen-bond acceptors (Lipinski definition) is 5. The van der Waals surface area contributed by atoms with Gasteiger partial charge in [0, 0.05) is 21.3 Å². The molecule has 0 spiro atoms. The molecule has 4 rings (SSSR count). The van der Waals surface area contributed by atoms with E-state index in [2.05, 4.69) is 38.5 Å². The highest BCUT2D eigenvalue weighted by atomic mass is 79.9. The Morgan fingerprint density at radius 2 is 1.94 bits per heavy atom. The molecule has 0 saturated carbocycles. The van der Waals surface area contributed by atoms with E-state index < -0.39 is 0 Å². The van der Waals surface area contributed by atoms with Crippen molar-refractivity contribution in [1.82, 2.24) is 10.3 Å². The number of fused-ring (bicyclic) bond motifs is 1. The highest BCUT2D eigenvalue weighted by Crippen LogP contribution is 2.27. The molecule has 3 aromatic carbocycles. The quantitative estimate of drug-likeness (QED) is 0.211. The van der Waals surface area contributed by atoms with Crippen molar-refractivity contribution >= 4 is 56.0 Å². The van der Waals surface area contributed by atoms with Crippen molar-refractivity contribution in [3.8, 4) is 17.2 Å². The molecule has 0 saturated heterocycles. The number of nitrogens with zero attached hydrogens (tertiary/aromatic N) is 1. The minimum absolute atomic E-state index is 0.193.